The molecule has 1 rings (SSSR count). The number of nitrogens with zero attached hydrogens (tertiary/aromatic N) is 1. The molecule has 0 atom stereocenters. The Morgan fingerprint density at radius 2 is 1.20 bits per heavy atom. The Morgan fingerprint density at radius 1 is 0.900 bits per heavy atom. The van der Waals surface area contributed by atoms with Crippen molar-refractivity contribution in [2.75, 3.05) is 5.43 Å². The van der Waals surface area contributed by atoms with Crippen LogP contribution in [0.2, 0.25) is 0 Å². The Labute approximate surface area is 115 Å². The summed E-state index contributed by atoms with van der Waals surface area (Å²) < 4.78 is 36.8. The van der Waals surface area contributed by atoms with Crippen molar-refractivity contribution < 1.29 is 21.9 Å². The van der Waals surface area contributed by atoms with Gasteiger partial charge in [-0.25, -0.2) is 30.7 Å². The third-order valence-electron chi connectivity index (χ3n) is 0.994. The van der Waals surface area contributed by atoms with E-state index >= 15 is 0 Å². The van der Waals surface area contributed by atoms with Crippen molar-refractivity contribution in [3.63, 3.8) is 0 Å². The van der Waals surface area contributed by atoms with Crippen LogP contribution in [0.25, 0.3) is 0 Å². The zero-order valence-corrected chi connectivity index (χ0v) is 11.5. The van der Waals surface area contributed by atoms with Crippen LogP contribution in [0, 0.1) is 10.1 Å². The summed E-state index contributed by atoms with van der Waals surface area (Å²) in [5.74, 6) is 0. The van der Waals surface area contributed by atoms with Gasteiger partial charge >= 0.3 is 0 Å². The Morgan fingerprint density at radius 3 is 1.45 bits per heavy atom. The number of para-hydroxylation sites is 1. The van der Waals surface area contributed by atoms with Crippen molar-refractivity contribution in [1.82, 2.24) is 0 Å². The van der Waals surface area contributed by atoms with Gasteiger partial charge in [-0.2, -0.15) is 16.8 Å². The molecule has 9 N–H and O–H groups in total. The fraction of sp³-hybridized carbons (Fsp3) is 0. The lowest BCUT2D eigenvalue weighted by Crippen LogP contribution is -2.21. The van der Waals surface area contributed by atoms with Crippen LogP contribution in [0.3, 0.4) is 0 Å². The zero-order valence-electron chi connectivity index (χ0n) is 9.91. The molecule has 1 aromatic carbocycles. The van der Waals surface area contributed by atoms with Gasteiger partial charge in [0.2, 0.25) is 0 Å². The Balaban J connectivity index is 0. The van der Waals surface area contributed by atoms with Gasteiger partial charge in [0.05, 0.1) is 0 Å². The highest BCUT2D eigenvalue weighted by Crippen LogP contribution is 2.03. The highest BCUT2D eigenvalue weighted by Gasteiger charge is 1.93. The first kappa shape index (κ1) is 20.5. The normalized spacial score (nSPS) is 10.2. The number of hydrogen-bond acceptors (Lipinski definition) is 6. The van der Waals surface area contributed by atoms with E-state index in [0.717, 1.165) is 0 Å². The minimum atomic E-state index is -3.67. The molecule has 0 heterocycles. The lowest BCUT2D eigenvalue weighted by Gasteiger charge is -1.93. The maximum absolute atomic E-state index is 9.86. The molecule has 0 aromatic heterocycles. The van der Waals surface area contributed by atoms with Gasteiger partial charge in [0, 0.05) is 0 Å². The van der Waals surface area contributed by atoms with E-state index in [1.807, 2.05) is 5.43 Å². The highest BCUT2D eigenvalue weighted by molar-refractivity contribution is 7.87. The van der Waals surface area contributed by atoms with Crippen LogP contribution in [0.5, 0.6) is 0 Å². The van der Waals surface area contributed by atoms with E-state index in [0.29, 0.717) is 5.69 Å². The van der Waals surface area contributed by atoms with Crippen LogP contribution in [-0.2, 0) is 20.4 Å². The van der Waals surface area contributed by atoms with Gasteiger partial charge in [0.15, 0.2) is 5.03 Å². The number of anilines is 1. The van der Waals surface area contributed by atoms with Crippen molar-refractivity contribution in [2.24, 2.45) is 20.6 Å². The van der Waals surface area contributed by atoms with Crippen LogP contribution in [-0.4, -0.2) is 21.9 Å². The third-order valence-corrected chi connectivity index (χ3v) is 0.994. The van der Waals surface area contributed by atoms with Gasteiger partial charge in [-0.3, -0.25) is 0 Å². The van der Waals surface area contributed by atoms with Crippen LogP contribution in [0.4, 0.5) is 5.69 Å². The molecule has 0 radical (unpaired) electrons. The molecule has 1 aromatic rings. The molecular formula is C6H14N6O6S2. The highest BCUT2D eigenvalue weighted by atomic mass is 32.2. The maximum Gasteiger partial charge on any atom is 0.271 e. The second kappa shape index (κ2) is 9.13. The summed E-state index contributed by atoms with van der Waals surface area (Å²) in [6.07, 6.45) is 0. The van der Waals surface area contributed by atoms with E-state index in [9.17, 15) is 26.9 Å². The summed E-state index contributed by atoms with van der Waals surface area (Å²) in [6.45, 7) is 0. The number of rotatable bonds is 2. The second-order valence-electron chi connectivity index (χ2n) is 2.91. The molecule has 0 unspecified atom stereocenters. The van der Waals surface area contributed by atoms with Gasteiger partial charge < -0.3 is 0 Å². The summed E-state index contributed by atoms with van der Waals surface area (Å²) >= 11 is 0. The maximum atomic E-state index is 9.86. The predicted octanol–water partition coefficient (Wildman–Crippen LogP) is -2.41. The van der Waals surface area contributed by atoms with E-state index in [2.05, 4.69) is 20.6 Å². The van der Waals surface area contributed by atoms with Crippen molar-refractivity contribution in [1.29, 1.82) is 0 Å². The Bertz CT molecular complexity index is 554. The molecule has 116 valence electrons. The van der Waals surface area contributed by atoms with E-state index < -0.39 is 25.5 Å². The monoisotopic (exact) mass is 330 g/mol. The smallest absolute Gasteiger partial charge is 0.235 e. The number of hydrogen-bond donors (Lipinski definition) is 5. The lowest BCUT2D eigenvalue weighted by molar-refractivity contribution is -0.445. The SMILES string of the molecule is NS(N)(=O)=O.NS(N)(=O)=O.O=[N+]([O-])Nc1ccccc1. The third kappa shape index (κ3) is 36.0. The first-order valence-corrected chi connectivity index (χ1v) is 7.58. The fourth-order valence-corrected chi connectivity index (χ4v) is 0.618. The average Bonchev–Trinajstić information content (AvgIpc) is 2.12. The Kier molecular flexibility index (Phi) is 9.34. The van der Waals surface area contributed by atoms with Crippen LogP contribution in [0.15, 0.2) is 30.3 Å². The lowest BCUT2D eigenvalue weighted by atomic mass is 10.3. The van der Waals surface area contributed by atoms with Gasteiger partial charge in [0.1, 0.15) is 5.69 Å². The van der Waals surface area contributed by atoms with Crippen molar-refractivity contribution >= 4 is 26.1 Å². The largest absolute Gasteiger partial charge is 0.271 e. The molecule has 0 aliphatic heterocycles. The summed E-state index contributed by atoms with van der Waals surface area (Å²) in [5, 5.41) is 25.7. The van der Waals surface area contributed by atoms with E-state index in [4.69, 9.17) is 0 Å². The van der Waals surface area contributed by atoms with E-state index in [-0.39, 0.29) is 0 Å². The molecule has 0 fully saturated rings. The minimum absolute atomic E-state index is 0.493. The molecule has 0 saturated heterocycles. The van der Waals surface area contributed by atoms with Gasteiger partial charge in [-0.05, 0) is 12.1 Å². The predicted molar refractivity (Wildman–Crippen MR) is 71.6 cm³/mol. The molecule has 0 saturated carbocycles. The molecule has 0 spiro atoms. The number of hydrazine groups is 1. The molecule has 20 heavy (non-hydrogen) atoms. The quantitative estimate of drug-likeness (QED) is 0.291. The molecular weight excluding hydrogens is 316 g/mol. The van der Waals surface area contributed by atoms with Gasteiger partial charge in [0.25, 0.3) is 20.4 Å². The molecule has 0 bridgehead atoms. The number of benzene rings is 1. The average molecular weight is 330 g/mol. The molecule has 0 aliphatic carbocycles. The fourth-order valence-electron chi connectivity index (χ4n) is 0.618. The van der Waals surface area contributed by atoms with Crippen molar-refractivity contribution in [2.45, 2.75) is 0 Å². The summed E-state index contributed by atoms with van der Waals surface area (Å²) in [7, 11) is -7.33. The van der Waals surface area contributed by atoms with Gasteiger partial charge in [-0.15, -0.1) is 5.43 Å². The van der Waals surface area contributed by atoms with E-state index in [1.165, 1.54) is 0 Å². The first-order chi connectivity index (χ1) is 8.79. The minimum Gasteiger partial charge on any atom is -0.235 e. The summed E-state index contributed by atoms with van der Waals surface area (Å²) in [5.41, 5.74) is 2.52. The van der Waals surface area contributed by atoms with Crippen molar-refractivity contribution in [3.8, 4) is 0 Å². The number of nitrogens with two attached hydrogens (primary N) is 4. The number of nitrogens with one attached hydrogen (secondary N) is 1. The molecule has 0 amide bonds. The molecule has 14 heteroatoms. The van der Waals surface area contributed by atoms with Crippen LogP contribution >= 0.6 is 0 Å². The second-order valence-corrected chi connectivity index (χ2v) is 5.27. The number of nitro groups is 1. The standard InChI is InChI=1S/C6H6N2O2.2H4N2O2S/c9-8(10)7-6-4-2-1-3-5-6;2*1-5(2,3)4/h1-5,7H;2*(H4,1,2,3,4). The molecule has 12 nitrogen and oxygen atoms in total. The zero-order chi connectivity index (χ0) is 16.4. The summed E-state index contributed by atoms with van der Waals surface area (Å²) in [4.78, 5) is 9.86. The summed E-state index contributed by atoms with van der Waals surface area (Å²) in [6, 6.07) is 8.51. The van der Waals surface area contributed by atoms with Crippen molar-refractivity contribution in [3.05, 3.63) is 40.4 Å². The van der Waals surface area contributed by atoms with Crippen LogP contribution < -0.4 is 26.0 Å². The first-order valence-electron chi connectivity index (χ1n) is 4.36. The molecule has 0 aliphatic rings. The topological polar surface area (TPSA) is 228 Å². The Hall–Kier alpha value is -1.84. The van der Waals surface area contributed by atoms with E-state index in [1.54, 1.807) is 30.3 Å². The van der Waals surface area contributed by atoms with Gasteiger partial charge in [-0.1, -0.05) is 18.2 Å². The van der Waals surface area contributed by atoms with Crippen LogP contribution in [0.1, 0.15) is 0 Å².